The van der Waals surface area contributed by atoms with E-state index >= 15 is 0 Å². The molecule has 7 atom stereocenters. The van der Waals surface area contributed by atoms with Gasteiger partial charge in [0.1, 0.15) is 0 Å². The lowest BCUT2D eigenvalue weighted by Crippen LogP contribution is -2.56. The van der Waals surface area contributed by atoms with Crippen LogP contribution < -0.4 is 0 Å². The minimum Gasteiger partial charge on any atom is -0.388 e. The maximum absolute atomic E-state index is 10.9. The summed E-state index contributed by atoms with van der Waals surface area (Å²) in [5.74, 6) is 3.18. The van der Waals surface area contributed by atoms with E-state index < -0.39 is 0 Å². The molecule has 4 aliphatic carbocycles. The molecule has 0 saturated heterocycles. The first kappa shape index (κ1) is 13.4. The Balaban J connectivity index is 1.76. The van der Waals surface area contributed by atoms with Gasteiger partial charge in [-0.2, -0.15) is 0 Å². The fourth-order valence-electron chi connectivity index (χ4n) is 7.28. The van der Waals surface area contributed by atoms with Crippen LogP contribution in [-0.4, -0.2) is 11.2 Å². The van der Waals surface area contributed by atoms with E-state index in [1.54, 1.807) is 0 Å². The molecule has 2 bridgehead atoms. The maximum Gasteiger partial charge on any atom is 0.0809 e. The highest BCUT2D eigenvalue weighted by molar-refractivity contribution is 5.26. The Morgan fingerprint density at radius 1 is 1.15 bits per heavy atom. The quantitative estimate of drug-likeness (QED) is 0.642. The summed E-state index contributed by atoms with van der Waals surface area (Å²) in [6, 6.07) is 0. The lowest BCUT2D eigenvalue weighted by molar-refractivity contribution is -0.148. The highest BCUT2D eigenvalue weighted by atomic mass is 16.3. The topological polar surface area (TPSA) is 20.2 Å². The van der Waals surface area contributed by atoms with Crippen LogP contribution in [0.4, 0.5) is 0 Å². The molecule has 4 fully saturated rings. The third kappa shape index (κ3) is 1.43. The van der Waals surface area contributed by atoms with E-state index in [4.69, 9.17) is 0 Å². The van der Waals surface area contributed by atoms with Gasteiger partial charge in [-0.1, -0.05) is 33.3 Å². The van der Waals surface area contributed by atoms with E-state index in [0.29, 0.717) is 11.3 Å². The van der Waals surface area contributed by atoms with Crippen molar-refractivity contribution in [2.24, 2.45) is 34.5 Å². The van der Waals surface area contributed by atoms with Crippen LogP contribution >= 0.6 is 0 Å². The van der Waals surface area contributed by atoms with Gasteiger partial charge in [0.25, 0.3) is 0 Å². The Bertz CT molecular complexity index is 441. The number of hydrogen-bond acceptors (Lipinski definition) is 1. The lowest BCUT2D eigenvalue weighted by atomic mass is 9.43. The molecule has 0 heterocycles. The summed E-state index contributed by atoms with van der Waals surface area (Å²) >= 11 is 0. The molecule has 1 nitrogen and oxygen atoms in total. The highest BCUT2D eigenvalue weighted by Gasteiger charge is 2.64. The molecule has 0 aromatic rings. The SMILES string of the molecule is C=C1[C@@H]2CC[C@H]3[C@]4(C)CCC[C@H](C)[C@H]4CC[C@]3(C2)[C@H]1O. The Morgan fingerprint density at radius 2 is 1.95 bits per heavy atom. The van der Waals surface area contributed by atoms with Crippen LogP contribution in [0.1, 0.15) is 65.2 Å². The molecule has 0 aromatic carbocycles. The van der Waals surface area contributed by atoms with Crippen molar-refractivity contribution in [2.45, 2.75) is 71.3 Å². The van der Waals surface area contributed by atoms with E-state index in [1.165, 1.54) is 56.9 Å². The van der Waals surface area contributed by atoms with Gasteiger partial charge in [0.05, 0.1) is 6.10 Å². The third-order valence-electron chi connectivity index (χ3n) is 8.17. The third-order valence-corrected chi connectivity index (χ3v) is 8.17. The molecule has 0 aromatic heterocycles. The average Bonchev–Trinajstić information content (AvgIpc) is 2.60. The van der Waals surface area contributed by atoms with Crippen LogP contribution in [0.3, 0.4) is 0 Å². The van der Waals surface area contributed by atoms with Crippen molar-refractivity contribution in [1.29, 1.82) is 0 Å². The molecule has 112 valence electrons. The van der Waals surface area contributed by atoms with E-state index in [0.717, 1.165) is 17.8 Å². The first-order valence-corrected chi connectivity index (χ1v) is 8.86. The van der Waals surface area contributed by atoms with Crippen LogP contribution in [0.5, 0.6) is 0 Å². The molecule has 20 heavy (non-hydrogen) atoms. The second-order valence-electron chi connectivity index (χ2n) is 8.76. The molecule has 1 heteroatoms. The zero-order chi connectivity index (χ0) is 14.1. The molecule has 1 spiro atoms. The molecular formula is C19H30O. The summed E-state index contributed by atoms with van der Waals surface area (Å²) in [6.07, 6.45) is 10.5. The van der Waals surface area contributed by atoms with Crippen molar-refractivity contribution in [3.63, 3.8) is 0 Å². The largest absolute Gasteiger partial charge is 0.388 e. The average molecular weight is 274 g/mol. The van der Waals surface area contributed by atoms with Crippen LogP contribution in [0.15, 0.2) is 12.2 Å². The van der Waals surface area contributed by atoms with Crippen molar-refractivity contribution in [3.05, 3.63) is 12.2 Å². The van der Waals surface area contributed by atoms with Gasteiger partial charge in [0, 0.05) is 5.41 Å². The van der Waals surface area contributed by atoms with Crippen molar-refractivity contribution < 1.29 is 5.11 Å². The Labute approximate surface area is 123 Å². The zero-order valence-corrected chi connectivity index (χ0v) is 13.2. The monoisotopic (exact) mass is 274 g/mol. The van der Waals surface area contributed by atoms with Gasteiger partial charge in [-0.3, -0.25) is 0 Å². The molecule has 4 saturated carbocycles. The molecule has 0 unspecified atom stereocenters. The fraction of sp³-hybridized carbons (Fsp3) is 0.895. The van der Waals surface area contributed by atoms with Gasteiger partial charge in [0.15, 0.2) is 0 Å². The van der Waals surface area contributed by atoms with E-state index in [1.807, 2.05) is 0 Å². The normalized spacial score (nSPS) is 58.1. The van der Waals surface area contributed by atoms with Crippen LogP contribution in [-0.2, 0) is 0 Å². The van der Waals surface area contributed by atoms with Crippen molar-refractivity contribution in [3.8, 4) is 0 Å². The highest BCUT2D eigenvalue weighted by Crippen LogP contribution is 2.70. The molecule has 4 aliphatic rings. The van der Waals surface area contributed by atoms with Gasteiger partial charge >= 0.3 is 0 Å². The molecule has 4 rings (SSSR count). The minimum absolute atomic E-state index is 0.199. The molecular weight excluding hydrogens is 244 g/mol. The summed E-state index contributed by atoms with van der Waals surface area (Å²) in [6.45, 7) is 9.31. The van der Waals surface area contributed by atoms with Gasteiger partial charge in [0.2, 0.25) is 0 Å². The summed E-state index contributed by atoms with van der Waals surface area (Å²) in [4.78, 5) is 0. The van der Waals surface area contributed by atoms with E-state index in [-0.39, 0.29) is 11.5 Å². The molecule has 0 amide bonds. The summed E-state index contributed by atoms with van der Waals surface area (Å²) in [7, 11) is 0. The zero-order valence-electron chi connectivity index (χ0n) is 13.2. The molecule has 0 aliphatic heterocycles. The molecule has 0 radical (unpaired) electrons. The van der Waals surface area contributed by atoms with Crippen molar-refractivity contribution in [2.75, 3.05) is 0 Å². The number of aliphatic hydroxyl groups is 1. The summed E-state index contributed by atoms with van der Waals surface area (Å²) in [5, 5.41) is 10.9. The summed E-state index contributed by atoms with van der Waals surface area (Å²) in [5.41, 5.74) is 1.88. The second kappa shape index (κ2) is 4.12. The van der Waals surface area contributed by atoms with Crippen LogP contribution in [0.25, 0.3) is 0 Å². The maximum atomic E-state index is 10.9. The fourth-order valence-corrected chi connectivity index (χ4v) is 7.28. The van der Waals surface area contributed by atoms with Crippen LogP contribution in [0, 0.1) is 34.5 Å². The first-order chi connectivity index (χ1) is 9.49. The first-order valence-electron chi connectivity index (χ1n) is 8.86. The molecule has 1 N–H and O–H groups in total. The smallest absolute Gasteiger partial charge is 0.0809 e. The predicted molar refractivity (Wildman–Crippen MR) is 82.3 cm³/mol. The Morgan fingerprint density at radius 3 is 2.75 bits per heavy atom. The second-order valence-corrected chi connectivity index (χ2v) is 8.76. The van der Waals surface area contributed by atoms with Crippen LogP contribution in [0.2, 0.25) is 0 Å². The van der Waals surface area contributed by atoms with Crippen molar-refractivity contribution >= 4 is 0 Å². The number of rotatable bonds is 0. The van der Waals surface area contributed by atoms with Gasteiger partial charge < -0.3 is 5.11 Å². The minimum atomic E-state index is -0.199. The lowest BCUT2D eigenvalue weighted by Gasteiger charge is -2.62. The van der Waals surface area contributed by atoms with Gasteiger partial charge in [-0.15, -0.1) is 0 Å². The standard InChI is InChI=1S/C19H30O/c1-12-5-4-9-18(3)15(12)8-10-19-11-14(6-7-16(18)19)13(2)17(19)20/h12,14-17,20H,2,4-11H2,1,3H3/t12-,14+,15+,16-,17-,18+,19+/m0/s1. The summed E-state index contributed by atoms with van der Waals surface area (Å²) < 4.78 is 0. The Hall–Kier alpha value is -0.300. The Kier molecular flexibility index (Phi) is 2.76. The van der Waals surface area contributed by atoms with Gasteiger partial charge in [-0.25, -0.2) is 0 Å². The van der Waals surface area contributed by atoms with Crippen molar-refractivity contribution in [1.82, 2.24) is 0 Å². The predicted octanol–water partition coefficient (Wildman–Crippen LogP) is 4.56. The van der Waals surface area contributed by atoms with E-state index in [2.05, 4.69) is 20.4 Å². The van der Waals surface area contributed by atoms with Gasteiger partial charge in [-0.05, 0) is 73.2 Å². The number of fused-ring (bicyclic) bond motifs is 3. The van der Waals surface area contributed by atoms with E-state index in [9.17, 15) is 5.11 Å². The number of aliphatic hydroxyl groups excluding tert-OH is 1. The number of hydrogen-bond donors (Lipinski definition) is 1.